The van der Waals surface area contributed by atoms with Crippen molar-refractivity contribution in [2.75, 3.05) is 70.6 Å². The van der Waals surface area contributed by atoms with Gasteiger partial charge in [0.25, 0.3) is 0 Å². The number of likely N-dealkylation sites (tertiary alicyclic amines) is 1. The molecule has 1 aromatic heterocycles. The molecule has 4 fully saturated rings. The number of ether oxygens (including phenoxy) is 1. The van der Waals surface area contributed by atoms with Gasteiger partial charge in [0.2, 0.25) is 15.9 Å². The van der Waals surface area contributed by atoms with E-state index in [0.717, 1.165) is 75.0 Å². The summed E-state index contributed by atoms with van der Waals surface area (Å²) < 4.78 is 88.7. The summed E-state index contributed by atoms with van der Waals surface area (Å²) in [5.74, 6) is -1.68. The fourth-order valence-corrected chi connectivity index (χ4v) is 12.0. The van der Waals surface area contributed by atoms with Crippen LogP contribution in [0.1, 0.15) is 50.5 Å². The molecule has 3 saturated heterocycles. The number of hydrogen-bond donors (Lipinski definition) is 2. The third-order valence-electron chi connectivity index (χ3n) is 12.8. The molecule has 1 saturated carbocycles. The largest absolute Gasteiger partial charge is 0.453 e. The minimum atomic E-state index is -4.08. The van der Waals surface area contributed by atoms with Gasteiger partial charge in [-0.3, -0.25) is 4.79 Å². The molecule has 2 N–H and O–H groups in total. The van der Waals surface area contributed by atoms with E-state index in [1.54, 1.807) is 24.8 Å². The number of sulfonamides is 1. The van der Waals surface area contributed by atoms with E-state index in [1.165, 1.54) is 35.7 Å². The second-order valence-corrected chi connectivity index (χ2v) is 20.5. The smallest absolute Gasteiger partial charge is 0.407 e. The van der Waals surface area contributed by atoms with Gasteiger partial charge in [-0.15, -0.1) is 10.2 Å². The molecule has 60 heavy (non-hydrogen) atoms. The van der Waals surface area contributed by atoms with E-state index in [4.69, 9.17) is 4.74 Å². The molecule has 3 aromatic rings. The minimum absolute atomic E-state index is 0.00107. The van der Waals surface area contributed by atoms with Gasteiger partial charge in [0, 0.05) is 68.8 Å². The molecule has 4 atom stereocenters. The van der Waals surface area contributed by atoms with E-state index >= 15 is 8.78 Å². The molecule has 15 nitrogen and oxygen atoms in total. The highest BCUT2D eigenvalue weighted by atomic mass is 32.2. The molecule has 326 valence electrons. The Morgan fingerprint density at radius 2 is 1.68 bits per heavy atom. The van der Waals surface area contributed by atoms with Gasteiger partial charge >= 0.3 is 6.09 Å². The Kier molecular flexibility index (Phi) is 13.3. The number of benzene rings is 2. The van der Waals surface area contributed by atoms with Gasteiger partial charge in [0.1, 0.15) is 24.3 Å². The van der Waals surface area contributed by atoms with Crippen molar-refractivity contribution in [1.29, 1.82) is 0 Å². The molecule has 2 amide bonds. The lowest BCUT2D eigenvalue weighted by Gasteiger charge is -2.51. The lowest BCUT2D eigenvalue weighted by Crippen LogP contribution is -2.57. The van der Waals surface area contributed by atoms with Crippen LogP contribution < -0.4 is 15.5 Å². The van der Waals surface area contributed by atoms with Crippen molar-refractivity contribution in [3.63, 3.8) is 0 Å². The van der Waals surface area contributed by atoms with Crippen molar-refractivity contribution in [3.05, 3.63) is 83.8 Å². The number of aromatic nitrogens is 3. The maximum atomic E-state index is 15.6. The van der Waals surface area contributed by atoms with E-state index < -0.39 is 43.2 Å². The number of nitrogens with one attached hydrogen (secondary N) is 2. The van der Waals surface area contributed by atoms with Crippen molar-refractivity contribution in [2.24, 2.45) is 23.7 Å². The number of hydrogen-bond acceptors (Lipinski definition) is 11. The zero-order valence-corrected chi connectivity index (χ0v) is 35.6. The average molecular weight is 873 g/mol. The van der Waals surface area contributed by atoms with Crippen LogP contribution >= 0.6 is 0 Å². The minimum Gasteiger partial charge on any atom is -0.453 e. The highest BCUT2D eigenvalue weighted by molar-refractivity contribution is 7.93. The summed E-state index contributed by atoms with van der Waals surface area (Å²) in [5.41, 5.74) is 0.429. The predicted octanol–water partition coefficient (Wildman–Crippen LogP) is 3.75. The predicted molar refractivity (Wildman–Crippen MR) is 220 cm³/mol. The number of carbonyl (C=O) groups is 2. The summed E-state index contributed by atoms with van der Waals surface area (Å²) in [4.78, 5) is 29.4. The summed E-state index contributed by atoms with van der Waals surface area (Å²) in [6.45, 7) is 3.77. The Bertz CT molecular complexity index is 2250. The zero-order chi connectivity index (χ0) is 42.7. The molecule has 1 unspecified atom stereocenters. The molecule has 0 bridgehead atoms. The Morgan fingerprint density at radius 3 is 2.37 bits per heavy atom. The Labute approximate surface area is 350 Å². The van der Waals surface area contributed by atoms with Crippen molar-refractivity contribution >= 4 is 37.5 Å². The van der Waals surface area contributed by atoms with Crippen molar-refractivity contribution in [2.45, 2.75) is 61.4 Å². The number of halogens is 2. The molecule has 2 aromatic carbocycles. The summed E-state index contributed by atoms with van der Waals surface area (Å²) in [5, 5.41) is 15.1. The fraction of sp³-hybridized carbons (Fsp3) is 0.561. The summed E-state index contributed by atoms with van der Waals surface area (Å²) >= 11 is 0. The van der Waals surface area contributed by atoms with Crippen molar-refractivity contribution < 1.29 is 39.9 Å². The number of methoxy groups -OCH3 is 1. The lowest BCUT2D eigenvalue weighted by molar-refractivity contribution is -0.125. The third-order valence-corrected chi connectivity index (χ3v) is 15.3. The summed E-state index contributed by atoms with van der Waals surface area (Å²) in [6, 6.07) is 10.5. The molecule has 3 aliphatic heterocycles. The number of rotatable bonds is 14. The number of alkyl carbamates (subject to hydrolysis) is 1. The lowest BCUT2D eigenvalue weighted by atomic mass is 9.64. The van der Waals surface area contributed by atoms with E-state index in [9.17, 15) is 26.4 Å². The first-order valence-corrected chi connectivity index (χ1v) is 24.0. The van der Waals surface area contributed by atoms with Gasteiger partial charge in [-0.25, -0.2) is 30.4 Å². The van der Waals surface area contributed by atoms with E-state index in [2.05, 4.69) is 25.7 Å². The van der Waals surface area contributed by atoms with E-state index in [-0.39, 0.29) is 60.0 Å². The summed E-state index contributed by atoms with van der Waals surface area (Å²) in [6.07, 6.45) is 10.3. The molecule has 1 aliphatic carbocycles. The Hall–Kier alpha value is -4.46. The standard InChI is InChI=1S/C41H54F2N8O7S2/c1-58-40(53)47-37-11-4-10-35(37)41(50-27-45-46-28-50,32-8-3-9-33(42)21-32)31-14-18-48(19-15-31)23-29-24-49(25-29)38-13-12-34(22-36(38)43)60(56,57)51-17-5-7-30(26-51)39(52)44-16-6-20-59(2,54)55/h3,6,8-9,12-13,20-22,27-31,35,37H,4-5,7,10-11,14-19,23-26H2,1-2H3,(H,44,52)(H,47,53)/b20-6+/t30-,35+,37+,41?/m1/s1. The van der Waals surface area contributed by atoms with Gasteiger partial charge in [0.15, 0.2) is 9.84 Å². The number of carbonyl (C=O) groups excluding carboxylic acids is 2. The summed E-state index contributed by atoms with van der Waals surface area (Å²) in [7, 11) is -6.06. The first-order valence-electron chi connectivity index (χ1n) is 20.6. The van der Waals surface area contributed by atoms with Crippen LogP contribution in [0.5, 0.6) is 0 Å². The zero-order valence-electron chi connectivity index (χ0n) is 34.0. The van der Waals surface area contributed by atoms with Crippen LogP contribution in [0, 0.1) is 35.3 Å². The molecular weight excluding hydrogens is 819 g/mol. The second-order valence-electron chi connectivity index (χ2n) is 16.6. The topological polar surface area (TPSA) is 176 Å². The van der Waals surface area contributed by atoms with E-state index in [0.29, 0.717) is 31.6 Å². The fourth-order valence-electron chi connectivity index (χ4n) is 10.1. The molecule has 0 radical (unpaired) electrons. The van der Waals surface area contributed by atoms with Gasteiger partial charge in [0.05, 0.1) is 29.1 Å². The van der Waals surface area contributed by atoms with Gasteiger partial charge in [-0.05, 0) is 93.4 Å². The monoisotopic (exact) mass is 872 g/mol. The number of anilines is 1. The van der Waals surface area contributed by atoms with Crippen LogP contribution in [0.25, 0.3) is 0 Å². The number of nitrogens with zero attached hydrogens (tertiary/aromatic N) is 6. The second kappa shape index (κ2) is 18.3. The Balaban J connectivity index is 0.969. The maximum Gasteiger partial charge on any atom is 0.407 e. The number of sulfone groups is 1. The maximum absolute atomic E-state index is 15.6. The normalized spacial score (nSPS) is 23.6. The average Bonchev–Trinajstić information content (AvgIpc) is 3.92. The Morgan fingerprint density at radius 1 is 0.933 bits per heavy atom. The molecule has 19 heteroatoms. The molecular formula is C41H54F2N8O7S2. The van der Waals surface area contributed by atoms with E-state index in [1.807, 2.05) is 15.5 Å². The molecule has 4 heterocycles. The first-order chi connectivity index (χ1) is 28.7. The first kappa shape index (κ1) is 43.6. The highest BCUT2D eigenvalue weighted by Gasteiger charge is 2.53. The van der Waals surface area contributed by atoms with Crippen LogP contribution in [-0.4, -0.2) is 125 Å². The van der Waals surface area contributed by atoms with Crippen LogP contribution in [-0.2, 0) is 34.9 Å². The van der Waals surface area contributed by atoms with Gasteiger partial charge in [-0.2, -0.15) is 4.31 Å². The van der Waals surface area contributed by atoms with Crippen LogP contribution in [0.15, 0.2) is 71.5 Å². The van der Waals surface area contributed by atoms with Crippen LogP contribution in [0.3, 0.4) is 0 Å². The highest BCUT2D eigenvalue weighted by Crippen LogP contribution is 2.51. The molecule has 4 aliphatic rings. The van der Waals surface area contributed by atoms with Gasteiger partial charge < -0.3 is 29.7 Å². The SMILES string of the molecule is COC(=O)N[C@H]1CCC[C@@H]1C(c1cccc(F)c1)(C1CCN(CC2CN(c3ccc(S(=O)(=O)N4CCC[C@@H](C(=O)NC/C=C/S(C)(=O)=O)C4)cc3F)C2)CC1)n1cnnc1. The molecule has 0 spiro atoms. The van der Waals surface area contributed by atoms with Crippen molar-refractivity contribution in [3.8, 4) is 0 Å². The number of amides is 2. The molecule has 7 rings (SSSR count). The van der Waals surface area contributed by atoms with Crippen LogP contribution in [0.4, 0.5) is 19.3 Å². The third kappa shape index (κ3) is 9.38. The van der Waals surface area contributed by atoms with Crippen LogP contribution in [0.2, 0.25) is 0 Å². The van der Waals surface area contributed by atoms with Gasteiger partial charge in [-0.1, -0.05) is 24.6 Å². The van der Waals surface area contributed by atoms with Crippen molar-refractivity contribution in [1.82, 2.24) is 34.6 Å². The quantitative estimate of drug-likeness (QED) is 0.242. The number of piperidine rings is 2.